The minimum atomic E-state index is -0.641. The summed E-state index contributed by atoms with van der Waals surface area (Å²) in [6, 6.07) is 4.33. The summed E-state index contributed by atoms with van der Waals surface area (Å²) in [5.41, 5.74) is 1.48. The van der Waals surface area contributed by atoms with E-state index in [0.29, 0.717) is 0 Å². The molecular weight excluding hydrogens is 386 g/mol. The zero-order chi connectivity index (χ0) is 14.3. The average Bonchev–Trinajstić information content (AvgIpc) is 2.86. The molecule has 1 aliphatic heterocycles. The van der Waals surface area contributed by atoms with E-state index < -0.39 is 17.0 Å². The number of fused-ring (bicyclic) bond motifs is 1. The van der Waals surface area contributed by atoms with Crippen molar-refractivity contribution in [2.24, 2.45) is 0 Å². The number of hydrogen-bond acceptors (Lipinski definition) is 2. The van der Waals surface area contributed by atoms with E-state index in [0.717, 1.165) is 28.9 Å². The van der Waals surface area contributed by atoms with Crippen LogP contribution in [0.2, 0.25) is 0 Å². The molecule has 1 atom stereocenters. The Balaban J connectivity index is 1.98. The van der Waals surface area contributed by atoms with Crippen molar-refractivity contribution in [3.63, 3.8) is 0 Å². The third-order valence-corrected chi connectivity index (χ3v) is 6.73. The Bertz CT molecular complexity index is 633. The predicted molar refractivity (Wildman–Crippen MR) is 85.9 cm³/mol. The van der Waals surface area contributed by atoms with E-state index >= 15 is 0 Å². The van der Waals surface area contributed by atoms with Crippen LogP contribution in [0.4, 0.5) is 8.78 Å². The maximum absolute atomic E-state index is 14.0. The Morgan fingerprint density at radius 3 is 2.75 bits per heavy atom. The molecule has 1 aliphatic rings. The maximum atomic E-state index is 14.0. The highest BCUT2D eigenvalue weighted by Crippen LogP contribution is 2.40. The van der Waals surface area contributed by atoms with E-state index in [-0.39, 0.29) is 10.0 Å². The molecule has 0 saturated heterocycles. The van der Waals surface area contributed by atoms with Crippen LogP contribution in [-0.2, 0) is 12.2 Å². The second-order valence-electron chi connectivity index (χ2n) is 4.55. The lowest BCUT2D eigenvalue weighted by Crippen LogP contribution is -1.97. The number of thioether (sulfide) groups is 1. The lowest BCUT2D eigenvalue weighted by atomic mass is 10.1. The van der Waals surface area contributed by atoms with E-state index in [1.165, 1.54) is 16.5 Å². The van der Waals surface area contributed by atoms with Crippen molar-refractivity contribution < 1.29 is 8.78 Å². The first-order chi connectivity index (χ1) is 9.56. The minimum absolute atomic E-state index is 0.115. The van der Waals surface area contributed by atoms with Gasteiger partial charge in [0.05, 0.1) is 9.85 Å². The molecule has 1 unspecified atom stereocenters. The van der Waals surface area contributed by atoms with Gasteiger partial charge in [-0.05, 0) is 51.9 Å². The molecule has 1 aromatic carbocycles. The molecule has 2 aromatic rings. The molecule has 0 nitrogen and oxygen atoms in total. The Morgan fingerprint density at radius 2 is 2.00 bits per heavy atom. The van der Waals surface area contributed by atoms with E-state index in [2.05, 4.69) is 15.9 Å². The van der Waals surface area contributed by atoms with Crippen LogP contribution in [0, 0.1) is 11.6 Å². The molecule has 106 valence electrons. The quantitative estimate of drug-likeness (QED) is 0.450. The lowest BCUT2D eigenvalue weighted by Gasteiger charge is -2.10. The van der Waals surface area contributed by atoms with Crippen molar-refractivity contribution in [2.75, 3.05) is 5.75 Å². The molecule has 0 fully saturated rings. The number of alkyl halides is 1. The van der Waals surface area contributed by atoms with E-state index in [9.17, 15) is 8.78 Å². The Morgan fingerprint density at radius 1 is 1.20 bits per heavy atom. The van der Waals surface area contributed by atoms with Crippen LogP contribution in [0.25, 0.3) is 0 Å². The summed E-state index contributed by atoms with van der Waals surface area (Å²) < 4.78 is 27.7. The third kappa shape index (κ3) is 2.78. The number of rotatable bonds is 2. The van der Waals surface area contributed by atoms with Crippen molar-refractivity contribution >= 4 is 50.6 Å². The molecule has 20 heavy (non-hydrogen) atoms. The van der Waals surface area contributed by atoms with Gasteiger partial charge in [-0.2, -0.15) is 11.8 Å². The zero-order valence-corrected chi connectivity index (χ0v) is 14.2. The summed E-state index contributed by atoms with van der Waals surface area (Å²) in [6.45, 7) is 0. The smallest absolute Gasteiger partial charge is 0.137 e. The Labute approximate surface area is 137 Å². The minimum Gasteiger partial charge on any atom is -0.207 e. The van der Waals surface area contributed by atoms with Crippen molar-refractivity contribution in [3.8, 4) is 0 Å². The van der Waals surface area contributed by atoms with Gasteiger partial charge in [-0.15, -0.1) is 22.9 Å². The van der Waals surface area contributed by atoms with Crippen LogP contribution in [-0.4, -0.2) is 5.75 Å². The van der Waals surface area contributed by atoms with Gasteiger partial charge in [-0.1, -0.05) is 0 Å². The number of thiophene rings is 1. The predicted octanol–water partition coefficient (Wildman–Crippen LogP) is 5.91. The summed E-state index contributed by atoms with van der Waals surface area (Å²) in [5, 5.41) is -0.641. The zero-order valence-electron chi connectivity index (χ0n) is 10.3. The molecule has 6 heteroatoms. The van der Waals surface area contributed by atoms with Gasteiger partial charge in [0.2, 0.25) is 0 Å². The van der Waals surface area contributed by atoms with Gasteiger partial charge < -0.3 is 0 Å². The van der Waals surface area contributed by atoms with Crippen molar-refractivity contribution in [1.82, 2.24) is 0 Å². The van der Waals surface area contributed by atoms with Crippen LogP contribution in [0.3, 0.4) is 0 Å². The molecule has 0 saturated carbocycles. The molecule has 0 bridgehead atoms. The van der Waals surface area contributed by atoms with Crippen LogP contribution in [0.1, 0.15) is 26.3 Å². The first kappa shape index (κ1) is 14.8. The molecule has 2 heterocycles. The first-order valence-corrected chi connectivity index (χ1v) is 9.24. The van der Waals surface area contributed by atoms with Gasteiger partial charge in [0.25, 0.3) is 0 Å². The van der Waals surface area contributed by atoms with Crippen molar-refractivity contribution in [2.45, 2.75) is 17.6 Å². The van der Waals surface area contributed by atoms with Gasteiger partial charge in [-0.3, -0.25) is 0 Å². The summed E-state index contributed by atoms with van der Waals surface area (Å²) in [7, 11) is 0. The molecule has 3 rings (SSSR count). The normalized spacial score (nSPS) is 16.0. The topological polar surface area (TPSA) is 0 Å². The molecule has 0 radical (unpaired) electrons. The van der Waals surface area contributed by atoms with E-state index in [1.54, 1.807) is 11.3 Å². The van der Waals surface area contributed by atoms with E-state index in [1.807, 2.05) is 17.8 Å². The fraction of sp³-hybridized carbons (Fsp3) is 0.286. The van der Waals surface area contributed by atoms with E-state index in [4.69, 9.17) is 11.6 Å². The number of benzene rings is 1. The van der Waals surface area contributed by atoms with Gasteiger partial charge >= 0.3 is 0 Å². The summed E-state index contributed by atoms with van der Waals surface area (Å²) in [6.07, 6.45) is 1.03. The SMILES string of the molecule is Fc1cc(C(Cl)c2cc3c(s2)CCSC3)c(F)cc1Br. The van der Waals surface area contributed by atoms with Gasteiger partial charge in [0.1, 0.15) is 11.6 Å². The fourth-order valence-corrected chi connectivity index (χ4v) is 5.23. The summed E-state index contributed by atoms with van der Waals surface area (Å²) >= 11 is 12.8. The molecule has 1 aromatic heterocycles. The molecule has 0 spiro atoms. The number of hydrogen-bond donors (Lipinski definition) is 0. The second kappa shape index (κ2) is 5.95. The summed E-state index contributed by atoms with van der Waals surface area (Å²) in [5.74, 6) is 1.11. The maximum Gasteiger partial charge on any atom is 0.137 e. The molecular formula is C14H10BrClF2S2. The lowest BCUT2D eigenvalue weighted by molar-refractivity contribution is 0.582. The van der Waals surface area contributed by atoms with Gasteiger partial charge in [0.15, 0.2) is 0 Å². The monoisotopic (exact) mass is 394 g/mol. The molecule has 0 N–H and O–H groups in total. The second-order valence-corrected chi connectivity index (χ2v) is 8.11. The number of halogens is 4. The largest absolute Gasteiger partial charge is 0.207 e. The standard InChI is InChI=1S/C14H10BrClF2S2/c15-9-5-10(17)8(4-11(9)18)14(16)13-3-7-6-19-2-1-12(7)20-13/h3-5,14H,1-2,6H2. The van der Waals surface area contributed by atoms with Gasteiger partial charge in [-0.25, -0.2) is 8.78 Å². The molecule has 0 amide bonds. The third-order valence-electron chi connectivity index (χ3n) is 3.21. The van der Waals surface area contributed by atoms with Gasteiger partial charge in [0, 0.05) is 21.1 Å². The van der Waals surface area contributed by atoms with Crippen LogP contribution in [0.15, 0.2) is 22.7 Å². The average molecular weight is 396 g/mol. The fourth-order valence-electron chi connectivity index (χ4n) is 2.18. The highest BCUT2D eigenvalue weighted by atomic mass is 79.9. The van der Waals surface area contributed by atoms with Crippen LogP contribution >= 0.6 is 50.6 Å². The Kier molecular flexibility index (Phi) is 4.41. The highest BCUT2D eigenvalue weighted by Gasteiger charge is 2.22. The summed E-state index contributed by atoms with van der Waals surface area (Å²) in [4.78, 5) is 2.21. The highest BCUT2D eigenvalue weighted by molar-refractivity contribution is 9.10. The van der Waals surface area contributed by atoms with Crippen molar-refractivity contribution in [1.29, 1.82) is 0 Å². The van der Waals surface area contributed by atoms with Crippen LogP contribution < -0.4 is 0 Å². The first-order valence-electron chi connectivity index (χ1n) is 6.04. The number of aryl methyl sites for hydroxylation is 1. The van der Waals surface area contributed by atoms with Crippen molar-refractivity contribution in [3.05, 3.63) is 55.2 Å². The van der Waals surface area contributed by atoms with Crippen LogP contribution in [0.5, 0.6) is 0 Å². The Hall–Kier alpha value is -0.100. The molecule has 0 aliphatic carbocycles.